The number of ether oxygens (including phenoxy) is 2. The summed E-state index contributed by atoms with van der Waals surface area (Å²) < 4.78 is 26.4. The zero-order valence-corrected chi connectivity index (χ0v) is 23.3. The van der Waals surface area contributed by atoms with Crippen LogP contribution in [0.15, 0.2) is 6.07 Å². The third-order valence-electron chi connectivity index (χ3n) is 8.96. The van der Waals surface area contributed by atoms with E-state index in [4.69, 9.17) is 9.47 Å². The highest BCUT2D eigenvalue weighted by Crippen LogP contribution is 2.43. The fraction of sp³-hybridized carbons (Fsp3) is 0.562. The number of carbonyl (C=O) groups excluding carboxylic acids is 2. The second kappa shape index (κ2) is 11.1. The lowest BCUT2D eigenvalue weighted by Gasteiger charge is -2.36. The summed E-state index contributed by atoms with van der Waals surface area (Å²) in [6.45, 7) is 10.1. The quantitative estimate of drug-likeness (QED) is 0.418. The Labute approximate surface area is 225 Å². The van der Waals surface area contributed by atoms with Gasteiger partial charge in [0.15, 0.2) is 11.6 Å². The molecule has 0 aromatic heterocycles. The second-order valence-electron chi connectivity index (χ2n) is 11.3. The minimum Gasteiger partial charge on any atom is -0.490 e. The van der Waals surface area contributed by atoms with E-state index in [2.05, 4.69) is 6.92 Å². The molecular formula is C32H40FNO4. The Morgan fingerprint density at radius 3 is 2.55 bits per heavy atom. The van der Waals surface area contributed by atoms with Gasteiger partial charge in [-0.15, -0.1) is 0 Å². The first kappa shape index (κ1) is 26.7. The average Bonchev–Trinajstić information content (AvgIpc) is 2.91. The zero-order valence-electron chi connectivity index (χ0n) is 23.3. The largest absolute Gasteiger partial charge is 0.490 e. The van der Waals surface area contributed by atoms with E-state index in [1.54, 1.807) is 13.0 Å². The molecular weight excluding hydrogens is 481 g/mol. The minimum absolute atomic E-state index is 0.0950. The summed E-state index contributed by atoms with van der Waals surface area (Å²) >= 11 is 0. The van der Waals surface area contributed by atoms with Crippen LogP contribution in [0.5, 0.6) is 5.75 Å². The topological polar surface area (TPSA) is 55.8 Å². The van der Waals surface area contributed by atoms with E-state index in [1.807, 2.05) is 18.7 Å². The van der Waals surface area contributed by atoms with Crippen molar-refractivity contribution in [2.24, 2.45) is 5.92 Å². The molecule has 3 aliphatic rings. The normalized spacial score (nSPS) is 17.6. The van der Waals surface area contributed by atoms with Crippen LogP contribution in [0.3, 0.4) is 0 Å². The van der Waals surface area contributed by atoms with E-state index >= 15 is 4.39 Å². The van der Waals surface area contributed by atoms with E-state index in [-0.39, 0.29) is 24.1 Å². The summed E-state index contributed by atoms with van der Waals surface area (Å²) in [5, 5.41) is 0. The van der Waals surface area contributed by atoms with Gasteiger partial charge in [0.1, 0.15) is 0 Å². The van der Waals surface area contributed by atoms with E-state index in [9.17, 15) is 9.59 Å². The van der Waals surface area contributed by atoms with E-state index in [0.717, 1.165) is 69.5 Å². The number of amides is 1. The number of rotatable bonds is 6. The smallest absolute Gasteiger partial charge is 0.310 e. The maximum absolute atomic E-state index is 15.4. The van der Waals surface area contributed by atoms with Gasteiger partial charge >= 0.3 is 5.97 Å². The lowest BCUT2D eigenvalue weighted by molar-refractivity contribution is -0.142. The lowest BCUT2D eigenvalue weighted by atomic mass is 9.79. The van der Waals surface area contributed by atoms with Gasteiger partial charge in [0, 0.05) is 18.7 Å². The van der Waals surface area contributed by atoms with Crippen molar-refractivity contribution in [2.75, 3.05) is 19.8 Å². The molecule has 1 fully saturated rings. The van der Waals surface area contributed by atoms with Crippen LogP contribution in [-0.2, 0) is 40.1 Å². The molecule has 2 aromatic carbocycles. The number of esters is 1. The number of carbonyl (C=O) groups is 2. The number of hydrogen-bond acceptors (Lipinski definition) is 4. The molecule has 38 heavy (non-hydrogen) atoms. The number of benzene rings is 2. The van der Waals surface area contributed by atoms with Gasteiger partial charge in [-0.25, -0.2) is 4.39 Å². The number of fused-ring (bicyclic) bond motifs is 2. The first-order valence-electron chi connectivity index (χ1n) is 14.3. The molecule has 204 valence electrons. The maximum atomic E-state index is 15.4. The molecule has 0 atom stereocenters. The molecule has 0 spiro atoms. The van der Waals surface area contributed by atoms with Crippen molar-refractivity contribution in [2.45, 2.75) is 92.0 Å². The first-order valence-corrected chi connectivity index (χ1v) is 14.3. The molecule has 2 aliphatic heterocycles. The third kappa shape index (κ3) is 4.94. The highest BCUT2D eigenvalue weighted by atomic mass is 19.1. The maximum Gasteiger partial charge on any atom is 0.310 e. The summed E-state index contributed by atoms with van der Waals surface area (Å²) in [6.07, 6.45) is 8.22. The molecule has 1 aliphatic carbocycles. The molecule has 1 amide bonds. The molecule has 2 aromatic rings. The summed E-state index contributed by atoms with van der Waals surface area (Å²) in [7, 11) is 0. The van der Waals surface area contributed by atoms with Crippen LogP contribution >= 0.6 is 0 Å². The van der Waals surface area contributed by atoms with Gasteiger partial charge in [0.05, 0.1) is 26.1 Å². The Morgan fingerprint density at radius 1 is 1.05 bits per heavy atom. The van der Waals surface area contributed by atoms with Crippen molar-refractivity contribution in [3.63, 3.8) is 0 Å². The van der Waals surface area contributed by atoms with Crippen LogP contribution in [0, 0.1) is 32.5 Å². The SMILES string of the molecule is CCOC(=O)Cc1c(C)c2c(c(C)c1-c1cc(F)c3c(c1C)CCCO3)CN(CC1CCCCC1)C(=O)C2. The number of nitrogens with zero attached hydrogens (tertiary/aromatic N) is 1. The van der Waals surface area contributed by atoms with Crippen molar-refractivity contribution in [1.82, 2.24) is 4.90 Å². The van der Waals surface area contributed by atoms with Crippen LogP contribution in [0.1, 0.15) is 84.4 Å². The molecule has 0 radical (unpaired) electrons. The standard InChI is InChI=1S/C32H40FNO4/c1-5-37-30(36)16-26-20(3)24-15-29(35)34(17-22-10-7-6-8-11-22)18-27(24)21(4)31(26)25-14-28(33)32-23(19(25)2)12-9-13-38-32/h14,22H,5-13,15-18H2,1-4H3. The molecule has 0 saturated heterocycles. The van der Waals surface area contributed by atoms with E-state index in [1.165, 1.54) is 32.1 Å². The van der Waals surface area contributed by atoms with Crippen molar-refractivity contribution in [3.05, 3.63) is 50.8 Å². The summed E-state index contributed by atoms with van der Waals surface area (Å²) in [5.74, 6) is 0.424. The highest BCUT2D eigenvalue weighted by molar-refractivity contribution is 5.88. The van der Waals surface area contributed by atoms with Gasteiger partial charge in [-0.3, -0.25) is 9.59 Å². The predicted molar refractivity (Wildman–Crippen MR) is 146 cm³/mol. The molecule has 2 heterocycles. The third-order valence-corrected chi connectivity index (χ3v) is 8.96. The molecule has 5 rings (SSSR count). The number of hydrogen-bond donors (Lipinski definition) is 0. The van der Waals surface area contributed by atoms with Crippen molar-refractivity contribution in [3.8, 4) is 16.9 Å². The molecule has 6 heteroatoms. The Bertz CT molecular complexity index is 1260. The second-order valence-corrected chi connectivity index (χ2v) is 11.3. The molecule has 0 bridgehead atoms. The van der Waals surface area contributed by atoms with Crippen LogP contribution in [-0.4, -0.2) is 36.5 Å². The summed E-state index contributed by atoms with van der Waals surface area (Å²) in [5.41, 5.74) is 8.63. The Morgan fingerprint density at radius 2 is 1.82 bits per heavy atom. The van der Waals surface area contributed by atoms with Gasteiger partial charge in [-0.05, 0) is 110 Å². The van der Waals surface area contributed by atoms with Crippen LogP contribution in [0.2, 0.25) is 0 Å². The molecule has 5 nitrogen and oxygen atoms in total. The fourth-order valence-corrected chi connectivity index (χ4v) is 6.90. The van der Waals surface area contributed by atoms with E-state index < -0.39 is 0 Å². The van der Waals surface area contributed by atoms with Gasteiger partial charge in [0.2, 0.25) is 5.91 Å². The minimum atomic E-state index is -0.355. The van der Waals surface area contributed by atoms with Gasteiger partial charge in [-0.1, -0.05) is 19.3 Å². The van der Waals surface area contributed by atoms with Crippen LogP contribution in [0.25, 0.3) is 11.1 Å². The van der Waals surface area contributed by atoms with Crippen LogP contribution < -0.4 is 4.74 Å². The average molecular weight is 522 g/mol. The zero-order chi connectivity index (χ0) is 27.0. The first-order chi connectivity index (χ1) is 18.3. The summed E-state index contributed by atoms with van der Waals surface area (Å²) in [6, 6.07) is 1.58. The van der Waals surface area contributed by atoms with Gasteiger partial charge in [0.25, 0.3) is 0 Å². The van der Waals surface area contributed by atoms with Crippen LogP contribution in [0.4, 0.5) is 4.39 Å². The highest BCUT2D eigenvalue weighted by Gasteiger charge is 2.32. The van der Waals surface area contributed by atoms with Crippen molar-refractivity contribution < 1.29 is 23.5 Å². The Kier molecular flexibility index (Phi) is 7.78. The lowest BCUT2D eigenvalue weighted by Crippen LogP contribution is -2.40. The number of halogens is 1. The predicted octanol–water partition coefficient (Wildman–Crippen LogP) is 6.31. The van der Waals surface area contributed by atoms with E-state index in [0.29, 0.717) is 37.8 Å². The van der Waals surface area contributed by atoms with Crippen molar-refractivity contribution in [1.29, 1.82) is 0 Å². The Balaban J connectivity index is 1.64. The van der Waals surface area contributed by atoms with Gasteiger partial charge < -0.3 is 14.4 Å². The van der Waals surface area contributed by atoms with Gasteiger partial charge in [-0.2, -0.15) is 0 Å². The summed E-state index contributed by atoms with van der Waals surface area (Å²) in [4.78, 5) is 28.1. The molecule has 0 unspecified atom stereocenters. The van der Waals surface area contributed by atoms with Crippen molar-refractivity contribution >= 4 is 11.9 Å². The molecule has 1 saturated carbocycles. The fourth-order valence-electron chi connectivity index (χ4n) is 6.90. The Hall–Kier alpha value is -2.89. The monoisotopic (exact) mass is 521 g/mol. The molecule has 0 N–H and O–H groups in total.